The van der Waals surface area contributed by atoms with Gasteiger partial charge in [0.05, 0.1) is 11.6 Å². The highest BCUT2D eigenvalue weighted by atomic mass is 35.5. The number of hydrogen-bond donors (Lipinski definition) is 2. The summed E-state index contributed by atoms with van der Waals surface area (Å²) in [5.74, 6) is -0.417. The molecular formula is C21H22ClFN2O4. The minimum atomic E-state index is -0.628. The van der Waals surface area contributed by atoms with E-state index in [-0.39, 0.29) is 23.3 Å². The number of nitrogens with one attached hydrogen (secondary N) is 2. The number of hydrogen-bond acceptors (Lipinski definition) is 4. The maximum atomic E-state index is 13.3. The molecule has 2 aromatic carbocycles. The maximum absolute atomic E-state index is 13.3. The van der Waals surface area contributed by atoms with Gasteiger partial charge >= 0.3 is 0 Å². The third kappa shape index (κ3) is 7.46. The lowest BCUT2D eigenvalue weighted by molar-refractivity contribution is -0.122. The van der Waals surface area contributed by atoms with Crippen LogP contribution in [0.15, 0.2) is 54.7 Å². The van der Waals surface area contributed by atoms with Crippen molar-refractivity contribution < 1.29 is 23.5 Å². The molecular weight excluding hydrogens is 399 g/mol. The monoisotopic (exact) mass is 420 g/mol. The zero-order chi connectivity index (χ0) is 21.2. The molecule has 0 atom stereocenters. The molecule has 0 aliphatic heterocycles. The van der Waals surface area contributed by atoms with Crippen molar-refractivity contribution in [3.63, 3.8) is 0 Å². The summed E-state index contributed by atoms with van der Waals surface area (Å²) in [4.78, 5) is 24.0. The standard InChI is InChI=1S/C21H22ClFN2O4/c1-3-28-16-6-4-15(5-7-16)21(27)24-11-10-14(2)25-20(26)13-29-17-8-9-18(22)19(23)12-17/h4-9,12H,2-3,10-11,13H2,1H3,(H,24,27)(H,25,26). The molecule has 0 unspecified atom stereocenters. The second-order valence-corrected chi connectivity index (χ2v) is 6.39. The van der Waals surface area contributed by atoms with Crippen LogP contribution in [0.25, 0.3) is 0 Å². The van der Waals surface area contributed by atoms with Crippen LogP contribution in [-0.4, -0.2) is 31.6 Å². The van der Waals surface area contributed by atoms with Crippen LogP contribution in [0.2, 0.25) is 5.02 Å². The zero-order valence-electron chi connectivity index (χ0n) is 16.0. The Morgan fingerprint density at radius 2 is 1.79 bits per heavy atom. The highest BCUT2D eigenvalue weighted by molar-refractivity contribution is 6.30. The lowest BCUT2D eigenvalue weighted by atomic mass is 10.2. The lowest BCUT2D eigenvalue weighted by Gasteiger charge is -2.11. The summed E-state index contributed by atoms with van der Waals surface area (Å²) in [6, 6.07) is 10.7. The molecule has 0 spiro atoms. The number of ether oxygens (including phenoxy) is 2. The Kier molecular flexibility index (Phi) is 8.48. The molecule has 8 heteroatoms. The van der Waals surface area contributed by atoms with Gasteiger partial charge in [-0.05, 0) is 43.3 Å². The van der Waals surface area contributed by atoms with Crippen LogP contribution in [0, 0.1) is 5.82 Å². The van der Waals surface area contributed by atoms with E-state index in [1.165, 1.54) is 12.1 Å². The van der Waals surface area contributed by atoms with Gasteiger partial charge in [-0.25, -0.2) is 4.39 Å². The van der Waals surface area contributed by atoms with E-state index in [0.717, 1.165) is 6.07 Å². The van der Waals surface area contributed by atoms with E-state index < -0.39 is 11.7 Å². The van der Waals surface area contributed by atoms with Crippen molar-refractivity contribution in [2.24, 2.45) is 0 Å². The Hall–Kier alpha value is -3.06. The molecule has 0 saturated carbocycles. The van der Waals surface area contributed by atoms with Crippen LogP contribution in [-0.2, 0) is 4.79 Å². The SMILES string of the molecule is C=C(CCNC(=O)c1ccc(OCC)cc1)NC(=O)COc1ccc(Cl)c(F)c1. The smallest absolute Gasteiger partial charge is 0.262 e. The molecule has 0 radical (unpaired) electrons. The average molecular weight is 421 g/mol. The molecule has 2 aromatic rings. The Morgan fingerprint density at radius 1 is 1.10 bits per heavy atom. The van der Waals surface area contributed by atoms with Gasteiger partial charge in [0.2, 0.25) is 0 Å². The molecule has 2 N–H and O–H groups in total. The maximum Gasteiger partial charge on any atom is 0.262 e. The van der Waals surface area contributed by atoms with Gasteiger partial charge in [-0.15, -0.1) is 0 Å². The number of rotatable bonds is 10. The number of carbonyl (C=O) groups is 2. The Morgan fingerprint density at radius 3 is 2.45 bits per heavy atom. The minimum absolute atomic E-state index is 0.0255. The quantitative estimate of drug-likeness (QED) is 0.614. The molecule has 0 bridgehead atoms. The number of benzene rings is 2. The first-order valence-electron chi connectivity index (χ1n) is 8.95. The van der Waals surface area contributed by atoms with Crippen LogP contribution in [0.3, 0.4) is 0 Å². The molecule has 154 valence electrons. The summed E-state index contributed by atoms with van der Waals surface area (Å²) in [5, 5.41) is 5.29. The van der Waals surface area contributed by atoms with E-state index in [4.69, 9.17) is 21.1 Å². The van der Waals surface area contributed by atoms with Gasteiger partial charge in [0.15, 0.2) is 6.61 Å². The zero-order valence-corrected chi connectivity index (χ0v) is 16.7. The first kappa shape index (κ1) is 22.2. The predicted molar refractivity (Wildman–Crippen MR) is 109 cm³/mol. The van der Waals surface area contributed by atoms with E-state index >= 15 is 0 Å². The molecule has 0 aliphatic carbocycles. The van der Waals surface area contributed by atoms with E-state index in [1.807, 2.05) is 6.92 Å². The molecule has 2 amide bonds. The van der Waals surface area contributed by atoms with Crippen molar-refractivity contribution in [2.75, 3.05) is 19.8 Å². The summed E-state index contributed by atoms with van der Waals surface area (Å²) >= 11 is 5.58. The largest absolute Gasteiger partial charge is 0.494 e. The molecule has 0 heterocycles. The van der Waals surface area contributed by atoms with Gasteiger partial charge in [0.25, 0.3) is 11.8 Å². The molecule has 0 saturated heterocycles. The van der Waals surface area contributed by atoms with Gasteiger partial charge in [-0.1, -0.05) is 18.2 Å². The topological polar surface area (TPSA) is 76.7 Å². The molecule has 0 aliphatic rings. The van der Waals surface area contributed by atoms with Crippen LogP contribution in [0.5, 0.6) is 11.5 Å². The fourth-order valence-corrected chi connectivity index (χ4v) is 2.43. The van der Waals surface area contributed by atoms with Crippen LogP contribution >= 0.6 is 11.6 Å². The van der Waals surface area contributed by atoms with Gasteiger partial charge in [0.1, 0.15) is 17.3 Å². The average Bonchev–Trinajstić information content (AvgIpc) is 2.69. The van der Waals surface area contributed by atoms with Crippen molar-refractivity contribution in [2.45, 2.75) is 13.3 Å². The number of carbonyl (C=O) groups excluding carboxylic acids is 2. The molecule has 6 nitrogen and oxygen atoms in total. The number of amides is 2. The van der Waals surface area contributed by atoms with Crippen molar-refractivity contribution in [1.29, 1.82) is 0 Å². The van der Waals surface area contributed by atoms with Crippen molar-refractivity contribution in [3.05, 3.63) is 71.1 Å². The highest BCUT2D eigenvalue weighted by Crippen LogP contribution is 2.20. The van der Waals surface area contributed by atoms with E-state index in [9.17, 15) is 14.0 Å². The molecule has 29 heavy (non-hydrogen) atoms. The van der Waals surface area contributed by atoms with E-state index in [1.54, 1.807) is 24.3 Å². The first-order valence-corrected chi connectivity index (χ1v) is 9.33. The van der Waals surface area contributed by atoms with Crippen LogP contribution in [0.1, 0.15) is 23.7 Å². The second kappa shape index (κ2) is 11.1. The van der Waals surface area contributed by atoms with E-state index in [2.05, 4.69) is 17.2 Å². The first-order chi connectivity index (χ1) is 13.9. The van der Waals surface area contributed by atoms with Gasteiger partial charge in [-0.2, -0.15) is 0 Å². The fraction of sp³-hybridized carbons (Fsp3) is 0.238. The Bertz CT molecular complexity index is 871. The predicted octanol–water partition coefficient (Wildman–Crippen LogP) is 3.71. The molecule has 0 fully saturated rings. The third-order valence-corrected chi connectivity index (χ3v) is 4.02. The van der Waals surface area contributed by atoms with Crippen LogP contribution in [0.4, 0.5) is 4.39 Å². The van der Waals surface area contributed by atoms with Gasteiger partial charge in [-0.3, -0.25) is 9.59 Å². The summed E-state index contributed by atoms with van der Waals surface area (Å²) in [7, 11) is 0. The summed E-state index contributed by atoms with van der Waals surface area (Å²) in [5.41, 5.74) is 0.930. The number of halogens is 2. The molecule has 2 rings (SSSR count). The highest BCUT2D eigenvalue weighted by Gasteiger charge is 2.08. The second-order valence-electron chi connectivity index (χ2n) is 5.98. The summed E-state index contributed by atoms with van der Waals surface area (Å²) in [6.07, 6.45) is 0.351. The normalized spacial score (nSPS) is 10.2. The van der Waals surface area contributed by atoms with Gasteiger partial charge in [0, 0.05) is 30.3 Å². The fourth-order valence-electron chi connectivity index (χ4n) is 2.31. The van der Waals surface area contributed by atoms with Crippen LogP contribution < -0.4 is 20.1 Å². The lowest BCUT2D eigenvalue weighted by Crippen LogP contribution is -2.30. The third-order valence-electron chi connectivity index (χ3n) is 3.72. The summed E-state index contributed by atoms with van der Waals surface area (Å²) < 4.78 is 23.9. The Balaban J connectivity index is 1.68. The molecule has 0 aromatic heterocycles. The van der Waals surface area contributed by atoms with E-state index in [0.29, 0.717) is 36.6 Å². The Labute approximate surface area is 173 Å². The van der Waals surface area contributed by atoms with Crippen molar-refractivity contribution >= 4 is 23.4 Å². The summed E-state index contributed by atoms with van der Waals surface area (Å²) in [6.45, 7) is 6.18. The van der Waals surface area contributed by atoms with Gasteiger partial charge < -0.3 is 20.1 Å². The van der Waals surface area contributed by atoms with Crippen molar-refractivity contribution in [1.82, 2.24) is 10.6 Å². The van der Waals surface area contributed by atoms with Crippen molar-refractivity contribution in [3.8, 4) is 11.5 Å². The minimum Gasteiger partial charge on any atom is -0.494 e.